The van der Waals surface area contributed by atoms with Crippen LogP contribution in [0.3, 0.4) is 0 Å². The number of benzene rings is 1. The fraction of sp³-hybridized carbons (Fsp3) is 0.118. The molecule has 0 saturated carbocycles. The molecule has 33 heavy (non-hydrogen) atoms. The Kier molecular flexibility index (Phi) is 8.46. The van der Waals surface area contributed by atoms with Gasteiger partial charge in [-0.3, -0.25) is 0 Å². The van der Waals surface area contributed by atoms with E-state index in [0.717, 1.165) is 12.2 Å². The van der Waals surface area contributed by atoms with Crippen molar-refractivity contribution in [1.82, 2.24) is 29.9 Å². The second kappa shape index (κ2) is 10.3. The fourth-order valence-corrected chi connectivity index (χ4v) is 2.48. The van der Waals surface area contributed by atoms with E-state index in [1.165, 1.54) is 5.56 Å². The molecule has 4 rings (SSSR count). The molecule has 0 saturated heterocycles. The number of aromatic nitrogens is 5. The Morgan fingerprint density at radius 3 is 2.09 bits per heavy atom. The summed E-state index contributed by atoms with van der Waals surface area (Å²) in [5, 5.41) is 8.44. The van der Waals surface area contributed by atoms with Crippen molar-refractivity contribution in [2.24, 2.45) is 0 Å². The van der Waals surface area contributed by atoms with Crippen LogP contribution in [0.2, 0.25) is 0 Å². The molecular weight excluding hydrogens is 589 g/mol. The third kappa shape index (κ3) is 12.0. The number of nitrogens with zero attached hydrogens (tertiary/aromatic N) is 7. The van der Waals surface area contributed by atoms with Crippen LogP contribution in [-0.4, -0.2) is 29.9 Å². The number of halogens is 7. The molecule has 0 aliphatic carbocycles. The van der Waals surface area contributed by atoms with Gasteiger partial charge >= 0.3 is 60.7 Å². The van der Waals surface area contributed by atoms with Crippen molar-refractivity contribution < 1.29 is 43.4 Å². The third-order valence-corrected chi connectivity index (χ3v) is 3.59. The molecule has 3 heterocycles. The molecule has 0 bridgehead atoms. The van der Waals surface area contributed by atoms with Gasteiger partial charge in [-0.05, 0) is 24.0 Å². The van der Waals surface area contributed by atoms with Crippen LogP contribution < -0.4 is 4.90 Å². The molecule has 1 aliphatic heterocycles. The van der Waals surface area contributed by atoms with E-state index in [1.54, 1.807) is 18.5 Å². The van der Waals surface area contributed by atoms with Gasteiger partial charge in [0.25, 0.3) is 0 Å². The van der Waals surface area contributed by atoms with E-state index in [4.69, 9.17) is 0 Å². The van der Waals surface area contributed by atoms with Crippen molar-refractivity contribution in [3.63, 3.8) is 0 Å². The predicted molar refractivity (Wildman–Crippen MR) is 108 cm³/mol. The summed E-state index contributed by atoms with van der Waals surface area (Å²) in [4.78, 5) is 12.3. The predicted octanol–water partition coefficient (Wildman–Crippen LogP) is 6.10. The van der Waals surface area contributed by atoms with E-state index in [2.05, 4.69) is 60.1 Å². The zero-order chi connectivity index (χ0) is 24.6. The Balaban J connectivity index is 0.000000370. The van der Waals surface area contributed by atoms with E-state index in [-0.39, 0.29) is 0 Å². The molecule has 7 nitrogen and oxygen atoms in total. The summed E-state index contributed by atoms with van der Waals surface area (Å²) in [5.74, 6) is 0.643. The molecule has 0 fully saturated rings. The summed E-state index contributed by atoms with van der Waals surface area (Å²) in [6.07, 6.45) is 9.30. The topological polar surface area (TPSA) is 63.0 Å². The molecule has 3 aromatic rings. The Labute approximate surface area is 199 Å². The van der Waals surface area contributed by atoms with Crippen LogP contribution in [0.5, 0.6) is 0 Å². The van der Waals surface area contributed by atoms with Crippen molar-refractivity contribution in [2.45, 2.75) is 13.1 Å². The number of rotatable bonds is 5. The molecule has 0 amide bonds. The van der Waals surface area contributed by atoms with E-state index in [9.17, 15) is 25.2 Å². The van der Waals surface area contributed by atoms with Crippen LogP contribution >= 0.6 is 17.3 Å². The number of hydrogen-bond acceptors (Lipinski definition) is 6. The Hall–Kier alpha value is -2.26. The van der Waals surface area contributed by atoms with E-state index >= 15 is 0 Å². The van der Waals surface area contributed by atoms with Crippen LogP contribution in [0.4, 0.5) is 31.1 Å². The van der Waals surface area contributed by atoms with E-state index < -0.39 is 7.81 Å². The van der Waals surface area contributed by atoms with Crippen molar-refractivity contribution in [1.29, 1.82) is 0 Å². The molecule has 2 aromatic heterocycles. The minimum absolute atomic E-state index is 0.643. The van der Waals surface area contributed by atoms with Crippen LogP contribution in [0.15, 0.2) is 67.4 Å². The van der Waals surface area contributed by atoms with Crippen molar-refractivity contribution >= 4 is 23.3 Å². The van der Waals surface area contributed by atoms with Crippen LogP contribution in [-0.2, 0) is 31.3 Å². The van der Waals surface area contributed by atoms with Gasteiger partial charge in [0, 0.05) is 18.9 Å². The summed E-state index contributed by atoms with van der Waals surface area (Å²) in [6, 6.07) is 12.0. The first-order valence-corrected chi connectivity index (χ1v) is 12.8. The van der Waals surface area contributed by atoms with Crippen LogP contribution in [0.1, 0.15) is 11.3 Å². The molecule has 16 heteroatoms. The molecule has 184 valence electrons. The van der Waals surface area contributed by atoms with E-state index in [1.807, 2.05) is 57.9 Å². The van der Waals surface area contributed by atoms with Gasteiger partial charge in [0.2, 0.25) is 0 Å². The van der Waals surface area contributed by atoms with Crippen LogP contribution in [0, 0.1) is 6.67 Å². The Bertz CT molecular complexity index is 1030. The molecule has 1 aliphatic rings. The normalized spacial score (nSPS) is 15.1. The van der Waals surface area contributed by atoms with Gasteiger partial charge in [0.15, 0.2) is 5.95 Å². The maximum atomic E-state index is 9.87. The summed E-state index contributed by atoms with van der Waals surface area (Å²) in [7, 11) is -6.17. The van der Waals surface area contributed by atoms with Gasteiger partial charge in [-0.15, -0.1) is 11.8 Å². The molecule has 0 radical (unpaired) electrons. The molecule has 0 atom stereocenters. The first-order chi connectivity index (χ1) is 15.3. The number of hydrogen-bond donors (Lipinski definition) is 0. The zero-order valence-corrected chi connectivity index (χ0v) is 19.6. The molecular formula is C17H16ClF6N7PPd-. The first-order valence-electron chi connectivity index (χ1n) is 8.77. The SMILES string of the molecule is C1=CN(c2ncccn2)[CH-]N1Cc1cn(Cc2ccccc2)nn1.F[P-](F)(F)(F)(F)F.[Cl][Pd+]. The quantitative estimate of drug-likeness (QED) is 0.152. The number of anilines is 1. The second-order valence-electron chi connectivity index (χ2n) is 6.39. The van der Waals surface area contributed by atoms with Crippen molar-refractivity contribution in [3.05, 3.63) is 85.3 Å². The van der Waals surface area contributed by atoms with E-state index in [0.29, 0.717) is 12.5 Å². The zero-order valence-electron chi connectivity index (χ0n) is 16.4. The fourth-order valence-electron chi connectivity index (χ4n) is 2.48. The monoisotopic (exact) mass is 604 g/mol. The van der Waals surface area contributed by atoms with Crippen molar-refractivity contribution in [2.75, 3.05) is 4.90 Å². The minimum atomic E-state index is -10.7. The van der Waals surface area contributed by atoms with Gasteiger partial charge in [0.05, 0.1) is 18.4 Å². The molecule has 0 unspecified atom stereocenters. The van der Waals surface area contributed by atoms with Gasteiger partial charge in [0.1, 0.15) is 0 Å². The maximum absolute atomic E-state index is 10.7. The summed E-state index contributed by atoms with van der Waals surface area (Å²) in [5.41, 5.74) is 2.11. The second-order valence-corrected chi connectivity index (χ2v) is 8.31. The molecule has 0 N–H and O–H groups in total. The third-order valence-electron chi connectivity index (χ3n) is 3.59. The van der Waals surface area contributed by atoms with Gasteiger partial charge < -0.3 is 9.80 Å². The summed E-state index contributed by atoms with van der Waals surface area (Å²) >= 11 is 2.22. The van der Waals surface area contributed by atoms with Gasteiger partial charge in [-0.1, -0.05) is 35.5 Å². The first kappa shape index (κ1) is 27.0. The van der Waals surface area contributed by atoms with Gasteiger partial charge in [-0.25, -0.2) is 14.6 Å². The Morgan fingerprint density at radius 2 is 1.48 bits per heavy atom. The average Bonchev–Trinajstić information content (AvgIpc) is 3.39. The molecule has 1 aromatic carbocycles. The summed E-state index contributed by atoms with van der Waals surface area (Å²) in [6.45, 7) is 3.30. The summed E-state index contributed by atoms with van der Waals surface area (Å²) < 4.78 is 61.0. The average molecular weight is 605 g/mol. The Morgan fingerprint density at radius 1 is 0.879 bits per heavy atom. The standard InChI is InChI=1S/C17H16N7.ClH.F6P.Pd/c1-2-5-15(6-3-1)11-24-13-16(20-21-24)12-22-9-10-23(14-22)17-18-7-4-8-19-17;;1-7(2,3,4,5)6;/h1-10,13-14H,11-12H2;1H;;/q-1;;-1;+2/p-1. The van der Waals surface area contributed by atoms with Crippen molar-refractivity contribution in [3.8, 4) is 0 Å². The van der Waals surface area contributed by atoms with Gasteiger partial charge in [-0.2, -0.15) is 0 Å². The molecule has 0 spiro atoms. The van der Waals surface area contributed by atoms with Crippen LogP contribution in [0.25, 0.3) is 0 Å².